The summed E-state index contributed by atoms with van der Waals surface area (Å²) in [5, 5.41) is 4.74. The minimum Gasteiger partial charge on any atom is -0.320 e. The molecule has 0 aliphatic rings. The van der Waals surface area contributed by atoms with Gasteiger partial charge >= 0.3 is 0 Å². The molecule has 0 aliphatic carbocycles. The van der Waals surface area contributed by atoms with E-state index >= 15 is 0 Å². The lowest BCUT2D eigenvalue weighted by Crippen LogP contribution is -2.29. The van der Waals surface area contributed by atoms with E-state index in [1.807, 2.05) is 37.4 Å². The maximum absolute atomic E-state index is 12.6. The molecular formula is C15H20N2O2S. The number of sulfonamides is 1. The molecule has 4 nitrogen and oxygen atoms in total. The molecule has 2 rings (SSSR count). The molecule has 0 fully saturated rings. The van der Waals surface area contributed by atoms with Crippen molar-refractivity contribution >= 4 is 20.8 Å². The van der Waals surface area contributed by atoms with Crippen LogP contribution < -0.4 is 5.32 Å². The van der Waals surface area contributed by atoms with Crippen molar-refractivity contribution in [1.29, 1.82) is 0 Å². The number of hydrogen-bond acceptors (Lipinski definition) is 3. The zero-order valence-corrected chi connectivity index (χ0v) is 12.7. The molecule has 1 N–H and O–H groups in total. The monoisotopic (exact) mass is 292 g/mol. The first-order valence-electron chi connectivity index (χ1n) is 6.66. The van der Waals surface area contributed by atoms with Crippen LogP contribution in [-0.2, 0) is 10.0 Å². The minimum atomic E-state index is -3.44. The lowest BCUT2D eigenvalue weighted by molar-refractivity contribution is 0.459. The second-order valence-electron chi connectivity index (χ2n) is 4.76. The molecule has 0 unspecified atom stereocenters. The van der Waals surface area contributed by atoms with Gasteiger partial charge in [-0.2, -0.15) is 0 Å². The zero-order valence-electron chi connectivity index (χ0n) is 11.8. The molecular weight excluding hydrogens is 272 g/mol. The summed E-state index contributed by atoms with van der Waals surface area (Å²) in [6.45, 7) is 1.31. The van der Waals surface area contributed by atoms with Gasteiger partial charge in [0, 0.05) is 19.0 Å². The second-order valence-corrected chi connectivity index (χ2v) is 6.77. The Morgan fingerprint density at radius 3 is 2.55 bits per heavy atom. The summed E-state index contributed by atoms with van der Waals surface area (Å²) in [7, 11) is 0.0515. The maximum atomic E-state index is 12.6. The lowest BCUT2D eigenvalue weighted by atomic mass is 10.1. The van der Waals surface area contributed by atoms with E-state index in [1.165, 1.54) is 4.31 Å². The summed E-state index contributed by atoms with van der Waals surface area (Å²) in [6, 6.07) is 12.9. The highest BCUT2D eigenvalue weighted by Gasteiger charge is 2.22. The smallest absolute Gasteiger partial charge is 0.243 e. The Bertz CT molecular complexity index is 678. The molecule has 0 radical (unpaired) electrons. The molecule has 2 aromatic rings. The third kappa shape index (κ3) is 3.00. The Morgan fingerprint density at radius 1 is 1.10 bits per heavy atom. The van der Waals surface area contributed by atoms with E-state index in [1.54, 1.807) is 19.2 Å². The third-order valence-corrected chi connectivity index (χ3v) is 5.25. The van der Waals surface area contributed by atoms with Gasteiger partial charge in [0.05, 0.1) is 4.90 Å². The van der Waals surface area contributed by atoms with E-state index < -0.39 is 10.0 Å². The number of benzene rings is 2. The molecule has 2 aromatic carbocycles. The zero-order chi connectivity index (χ0) is 14.6. The third-order valence-electron chi connectivity index (χ3n) is 3.34. The first-order valence-corrected chi connectivity index (χ1v) is 8.10. The summed E-state index contributed by atoms with van der Waals surface area (Å²) >= 11 is 0. The van der Waals surface area contributed by atoms with E-state index in [2.05, 4.69) is 5.32 Å². The van der Waals surface area contributed by atoms with Gasteiger partial charge in [-0.05, 0) is 31.5 Å². The molecule has 0 spiro atoms. The number of hydrogen-bond donors (Lipinski definition) is 1. The standard InChI is InChI=1S/C15H20N2O2S/c1-16-11-6-12-17(2)20(18,19)15-10-5-8-13-7-3-4-9-14(13)15/h3-5,7-10,16H,6,11-12H2,1-2H3. The van der Waals surface area contributed by atoms with Crippen LogP contribution in [0.2, 0.25) is 0 Å². The van der Waals surface area contributed by atoms with E-state index in [9.17, 15) is 8.42 Å². The largest absolute Gasteiger partial charge is 0.320 e. The van der Waals surface area contributed by atoms with Gasteiger partial charge in [0.25, 0.3) is 0 Å². The van der Waals surface area contributed by atoms with Gasteiger partial charge in [0.15, 0.2) is 0 Å². The molecule has 20 heavy (non-hydrogen) atoms. The molecule has 0 atom stereocenters. The summed E-state index contributed by atoms with van der Waals surface area (Å²) in [5.41, 5.74) is 0. The van der Waals surface area contributed by atoms with Gasteiger partial charge in [-0.15, -0.1) is 0 Å². The van der Waals surface area contributed by atoms with E-state index in [-0.39, 0.29) is 0 Å². The lowest BCUT2D eigenvalue weighted by Gasteiger charge is -2.18. The van der Waals surface area contributed by atoms with Gasteiger partial charge in [-0.25, -0.2) is 12.7 Å². The van der Waals surface area contributed by atoms with Crippen molar-refractivity contribution in [3.8, 4) is 0 Å². The Labute approximate surface area is 120 Å². The molecule has 0 aromatic heterocycles. The van der Waals surface area contributed by atoms with Crippen molar-refractivity contribution in [2.24, 2.45) is 0 Å². The van der Waals surface area contributed by atoms with E-state index in [0.29, 0.717) is 11.4 Å². The van der Waals surface area contributed by atoms with Gasteiger partial charge < -0.3 is 5.32 Å². The van der Waals surface area contributed by atoms with Crippen LogP contribution in [0.5, 0.6) is 0 Å². The minimum absolute atomic E-state index is 0.377. The Kier molecular flexibility index (Phi) is 4.75. The van der Waals surface area contributed by atoms with E-state index in [4.69, 9.17) is 0 Å². The fourth-order valence-corrected chi connectivity index (χ4v) is 3.61. The highest BCUT2D eigenvalue weighted by molar-refractivity contribution is 7.89. The molecule has 0 bridgehead atoms. The average molecular weight is 292 g/mol. The fraction of sp³-hybridized carbons (Fsp3) is 0.333. The SMILES string of the molecule is CNCCCN(C)S(=O)(=O)c1cccc2ccccc12. The highest BCUT2D eigenvalue weighted by Crippen LogP contribution is 2.24. The van der Waals surface area contributed by atoms with Gasteiger partial charge in [-0.1, -0.05) is 36.4 Å². The number of nitrogens with one attached hydrogen (secondary N) is 1. The fourth-order valence-electron chi connectivity index (χ4n) is 2.19. The second kappa shape index (κ2) is 6.35. The molecule has 108 valence electrons. The average Bonchev–Trinajstić information content (AvgIpc) is 2.46. The van der Waals surface area contributed by atoms with Crippen LogP contribution in [0.25, 0.3) is 10.8 Å². The molecule has 0 aliphatic heterocycles. The van der Waals surface area contributed by atoms with Crippen molar-refractivity contribution < 1.29 is 8.42 Å². The number of nitrogens with zero attached hydrogens (tertiary/aromatic N) is 1. The van der Waals surface area contributed by atoms with Crippen molar-refractivity contribution in [2.45, 2.75) is 11.3 Å². The van der Waals surface area contributed by atoms with Crippen LogP contribution in [0.1, 0.15) is 6.42 Å². The number of fused-ring (bicyclic) bond motifs is 1. The van der Waals surface area contributed by atoms with Crippen molar-refractivity contribution in [1.82, 2.24) is 9.62 Å². The normalized spacial score (nSPS) is 12.2. The first-order chi connectivity index (χ1) is 9.57. The quantitative estimate of drug-likeness (QED) is 0.829. The van der Waals surface area contributed by atoms with Crippen molar-refractivity contribution in [2.75, 3.05) is 27.2 Å². The maximum Gasteiger partial charge on any atom is 0.243 e. The topological polar surface area (TPSA) is 49.4 Å². The Hall–Kier alpha value is -1.43. The van der Waals surface area contributed by atoms with Crippen LogP contribution in [0.4, 0.5) is 0 Å². The predicted molar refractivity (Wildman–Crippen MR) is 82.3 cm³/mol. The Balaban J connectivity index is 2.37. The van der Waals surface area contributed by atoms with Crippen molar-refractivity contribution in [3.63, 3.8) is 0 Å². The van der Waals surface area contributed by atoms with Crippen LogP contribution in [0.15, 0.2) is 47.4 Å². The van der Waals surface area contributed by atoms with Gasteiger partial charge in [0.2, 0.25) is 10.0 Å². The van der Waals surface area contributed by atoms with E-state index in [0.717, 1.165) is 23.7 Å². The molecule has 0 saturated carbocycles. The molecule has 0 saturated heterocycles. The number of rotatable bonds is 6. The summed E-state index contributed by atoms with van der Waals surface area (Å²) in [5.74, 6) is 0. The summed E-state index contributed by atoms with van der Waals surface area (Å²) < 4.78 is 26.7. The van der Waals surface area contributed by atoms with Crippen LogP contribution in [0, 0.1) is 0 Å². The molecule has 5 heteroatoms. The van der Waals surface area contributed by atoms with Crippen LogP contribution in [0.3, 0.4) is 0 Å². The van der Waals surface area contributed by atoms with Crippen LogP contribution >= 0.6 is 0 Å². The summed E-state index contributed by atoms with van der Waals surface area (Å²) in [6.07, 6.45) is 0.789. The van der Waals surface area contributed by atoms with Crippen LogP contribution in [-0.4, -0.2) is 39.9 Å². The predicted octanol–water partition coefficient (Wildman–Crippen LogP) is 2.07. The molecule has 0 heterocycles. The highest BCUT2D eigenvalue weighted by atomic mass is 32.2. The summed E-state index contributed by atoms with van der Waals surface area (Å²) in [4.78, 5) is 0.377. The van der Waals surface area contributed by atoms with Gasteiger partial charge in [0.1, 0.15) is 0 Å². The molecule has 0 amide bonds. The first kappa shape index (κ1) is 15.0. The van der Waals surface area contributed by atoms with Crippen molar-refractivity contribution in [3.05, 3.63) is 42.5 Å². The Morgan fingerprint density at radius 2 is 1.80 bits per heavy atom. The van der Waals surface area contributed by atoms with Gasteiger partial charge in [-0.3, -0.25) is 0 Å².